The predicted octanol–water partition coefficient (Wildman–Crippen LogP) is 6.57. The molecule has 0 atom stereocenters. The Morgan fingerprint density at radius 2 is 1.06 bits per heavy atom. The van der Waals surface area contributed by atoms with E-state index in [1.54, 1.807) is 37.2 Å². The summed E-state index contributed by atoms with van der Waals surface area (Å²) in [5.41, 5.74) is -1.41. The lowest BCUT2D eigenvalue weighted by molar-refractivity contribution is -0.138. The summed E-state index contributed by atoms with van der Waals surface area (Å²) in [4.78, 5) is 81.2. The van der Waals surface area contributed by atoms with Crippen molar-refractivity contribution in [3.05, 3.63) is 115 Å². The number of aromatic nitrogens is 8. The molecule has 3 amide bonds. The van der Waals surface area contributed by atoms with Crippen molar-refractivity contribution in [2.45, 2.75) is 91.3 Å². The summed E-state index contributed by atoms with van der Waals surface area (Å²) >= 11 is 0. The largest absolute Gasteiger partial charge is 0.444 e. The Kier molecular flexibility index (Phi) is 18.1. The number of carbonyl (C=O) groups is 3. The monoisotopic (exact) mass is 1200 g/mol. The zero-order chi connectivity index (χ0) is 61.1. The molecule has 10 rings (SSSR count). The molecule has 0 radical (unpaired) electrons. The molecule has 22 nitrogen and oxygen atoms in total. The quantitative estimate of drug-likeness (QED) is 0.110. The number of nitrogens with zero attached hydrogens (tertiary/aromatic N) is 11. The zero-order valence-corrected chi connectivity index (χ0v) is 47.1. The van der Waals surface area contributed by atoms with E-state index in [-0.39, 0.29) is 60.4 Å². The Morgan fingerprint density at radius 1 is 0.635 bits per heavy atom. The molecule has 30 heteroatoms. The number of nitrogens with one attached hydrogen (secondary N) is 3. The van der Waals surface area contributed by atoms with Crippen molar-refractivity contribution < 1.29 is 63.7 Å². The van der Waals surface area contributed by atoms with Crippen molar-refractivity contribution in [1.29, 1.82) is 0 Å². The molecule has 8 heterocycles. The van der Waals surface area contributed by atoms with E-state index in [1.807, 2.05) is 28.9 Å². The Hall–Kier alpha value is -8.25. The highest BCUT2D eigenvalue weighted by Gasteiger charge is 2.35. The van der Waals surface area contributed by atoms with Crippen LogP contribution in [0.5, 0.6) is 0 Å². The number of hydrogen-bond donors (Lipinski definition) is 3. The third-order valence-corrected chi connectivity index (χ3v) is 14.2. The number of piperazine rings is 2. The Balaban J connectivity index is 0.000000206. The molecule has 4 aliphatic rings. The third-order valence-electron chi connectivity index (χ3n) is 14.2. The van der Waals surface area contributed by atoms with Crippen molar-refractivity contribution in [2.75, 3.05) is 99.2 Å². The van der Waals surface area contributed by atoms with Gasteiger partial charge in [0.2, 0.25) is 23.4 Å². The molecule has 2 saturated heterocycles. The number of hydrogen-bond acceptors (Lipinski definition) is 15. The Labute approximate surface area is 480 Å². The van der Waals surface area contributed by atoms with Crippen LogP contribution in [0.2, 0.25) is 0 Å². The average molecular weight is 1200 g/mol. The summed E-state index contributed by atoms with van der Waals surface area (Å²) in [6.07, 6.45) is -4.54. The van der Waals surface area contributed by atoms with Gasteiger partial charge in [0.1, 0.15) is 41.7 Å². The molecule has 0 bridgehead atoms. The van der Waals surface area contributed by atoms with Crippen LogP contribution in [-0.2, 0) is 62.1 Å². The van der Waals surface area contributed by atoms with Crippen LogP contribution in [0.4, 0.5) is 62.7 Å². The van der Waals surface area contributed by atoms with Crippen molar-refractivity contribution in [1.82, 2.24) is 48.5 Å². The smallest absolute Gasteiger partial charge is 0.416 e. The summed E-state index contributed by atoms with van der Waals surface area (Å²) in [5.74, 6) is -3.07. The van der Waals surface area contributed by atoms with Gasteiger partial charge < -0.3 is 54.0 Å². The second-order valence-electron chi connectivity index (χ2n) is 21.2. The van der Waals surface area contributed by atoms with Gasteiger partial charge in [-0.3, -0.25) is 19.2 Å². The molecule has 0 saturated carbocycles. The van der Waals surface area contributed by atoms with E-state index in [0.717, 1.165) is 27.8 Å². The number of carbonyl (C=O) groups excluding carboxylic acids is 3. The van der Waals surface area contributed by atoms with Crippen molar-refractivity contribution in [3.63, 3.8) is 0 Å². The van der Waals surface area contributed by atoms with Gasteiger partial charge in [-0.1, -0.05) is 26.0 Å². The molecule has 0 aliphatic carbocycles. The van der Waals surface area contributed by atoms with E-state index in [9.17, 15) is 59.1 Å². The normalized spacial score (nSPS) is 16.2. The number of fused-ring (bicyclic) bond motifs is 2. The topological polar surface area (TPSA) is 229 Å². The van der Waals surface area contributed by atoms with Crippen LogP contribution in [-0.4, -0.2) is 146 Å². The van der Waals surface area contributed by atoms with E-state index >= 15 is 0 Å². The van der Waals surface area contributed by atoms with Crippen LogP contribution in [0.1, 0.15) is 81.6 Å². The second kappa shape index (κ2) is 25.1. The lowest BCUT2D eigenvalue weighted by Crippen LogP contribution is -2.51. The minimum Gasteiger partial charge on any atom is -0.444 e. The number of halogens is 8. The molecule has 6 aromatic rings. The van der Waals surface area contributed by atoms with Crippen LogP contribution in [0.15, 0.2) is 58.1 Å². The minimum absolute atomic E-state index is 0.0726. The minimum atomic E-state index is -4.75. The highest BCUT2D eigenvalue weighted by Crippen LogP contribution is 2.34. The maximum absolute atomic E-state index is 14.6. The van der Waals surface area contributed by atoms with E-state index in [0.29, 0.717) is 132 Å². The zero-order valence-electron chi connectivity index (χ0n) is 47.1. The molecule has 4 aliphatic heterocycles. The first-order valence-electron chi connectivity index (χ1n) is 27.4. The first-order chi connectivity index (χ1) is 40.3. The summed E-state index contributed by atoms with van der Waals surface area (Å²) in [5, 5.41) is 16.9. The highest BCUT2D eigenvalue weighted by molar-refractivity contribution is 5.92. The standard InChI is InChI=1S/C30H35F4N7O5.C25H27F4N7O3/c1-5-22-24(38-10-12-39(13-11-38)28(44)46-29(2,3)4)26(43)41-27(36-25(37-41)18-8-14-45-15-9-18)40(22)17-23(42)35-21-7-6-19(16-20(21)31)30(32,33)34;1-2-19-21(34-9-7-30-8-10-34)23(38)36-24(32-22(33-36)15-5-11-39-12-6-15)35(19)14-20(37)31-18-4-3-16(13-17(18)26)25(27,28)29/h6-8,16H,5,9-15,17H2,1-4H3,(H,35,42);3-5,13,30H,2,6-12,14H2,1H3,(H,31,37). The van der Waals surface area contributed by atoms with Gasteiger partial charge >= 0.3 is 18.4 Å². The fraction of sp³-hybridized carbons (Fsp3) is 0.473. The molecule has 2 aromatic carbocycles. The van der Waals surface area contributed by atoms with Gasteiger partial charge in [-0.25, -0.2) is 13.6 Å². The number of amides is 3. The van der Waals surface area contributed by atoms with Gasteiger partial charge in [0.15, 0.2) is 11.6 Å². The molecular formula is C55H62F8N14O8. The van der Waals surface area contributed by atoms with E-state index in [4.69, 9.17) is 14.2 Å². The van der Waals surface area contributed by atoms with Crippen LogP contribution in [0.25, 0.3) is 22.7 Å². The molecule has 2 fully saturated rings. The molecule has 0 unspecified atom stereocenters. The van der Waals surface area contributed by atoms with Crippen LogP contribution in [0, 0.1) is 11.6 Å². The van der Waals surface area contributed by atoms with E-state index in [2.05, 4.69) is 36.1 Å². The Morgan fingerprint density at radius 3 is 1.42 bits per heavy atom. The molecule has 0 spiro atoms. The molecule has 3 N–H and O–H groups in total. The molecular weight excluding hydrogens is 1140 g/mol. The second-order valence-corrected chi connectivity index (χ2v) is 21.2. The van der Waals surface area contributed by atoms with Crippen LogP contribution in [0.3, 0.4) is 0 Å². The van der Waals surface area contributed by atoms with E-state index in [1.165, 1.54) is 9.08 Å². The van der Waals surface area contributed by atoms with Crippen molar-refractivity contribution in [2.24, 2.45) is 0 Å². The van der Waals surface area contributed by atoms with Gasteiger partial charge in [-0.05, 0) is 94.0 Å². The summed E-state index contributed by atoms with van der Waals surface area (Å²) in [6.45, 7) is 13.4. The van der Waals surface area contributed by atoms with Gasteiger partial charge in [-0.15, -0.1) is 10.2 Å². The van der Waals surface area contributed by atoms with Gasteiger partial charge in [-0.2, -0.15) is 45.3 Å². The predicted molar refractivity (Wildman–Crippen MR) is 295 cm³/mol. The van der Waals surface area contributed by atoms with Crippen molar-refractivity contribution in [3.8, 4) is 0 Å². The summed E-state index contributed by atoms with van der Waals surface area (Å²) < 4.78 is 128. The lowest BCUT2D eigenvalue weighted by atomic mass is 10.1. The van der Waals surface area contributed by atoms with Gasteiger partial charge in [0.25, 0.3) is 11.1 Å². The number of ether oxygens (including phenoxy) is 3. The van der Waals surface area contributed by atoms with Gasteiger partial charge in [0, 0.05) is 52.4 Å². The molecule has 85 heavy (non-hydrogen) atoms. The fourth-order valence-electron chi connectivity index (χ4n) is 10.2. The highest BCUT2D eigenvalue weighted by atomic mass is 19.4. The average Bonchev–Trinajstić information content (AvgIpc) is 1.83. The number of anilines is 4. The number of alkyl halides is 6. The first kappa shape index (κ1) is 61.3. The maximum atomic E-state index is 14.6. The number of benzene rings is 2. The summed E-state index contributed by atoms with van der Waals surface area (Å²) in [6, 6.07) is 3.74. The maximum Gasteiger partial charge on any atom is 0.416 e. The third kappa shape index (κ3) is 13.8. The van der Waals surface area contributed by atoms with Crippen molar-refractivity contribution >= 4 is 63.4 Å². The fourth-order valence-corrected chi connectivity index (χ4v) is 10.2. The van der Waals surface area contributed by atoms with Gasteiger partial charge in [0.05, 0.1) is 60.3 Å². The van der Waals surface area contributed by atoms with Crippen LogP contribution < -0.4 is 36.9 Å². The lowest BCUT2D eigenvalue weighted by Gasteiger charge is -2.37. The SMILES string of the molecule is CCc1c(N2CCN(C(=O)OC(C)(C)C)CC2)c(=O)n2nc(C3=CCOCC3)nc2n1CC(=O)Nc1ccc(C(F)(F)F)cc1F.CCc1c(N2CCNCC2)c(=O)n2nc(C3=CCOCC3)nc2n1CC(=O)Nc1ccc(C(F)(F)F)cc1F. The van der Waals surface area contributed by atoms with Crippen LogP contribution >= 0.6 is 0 Å². The molecule has 456 valence electrons. The first-order valence-corrected chi connectivity index (χ1v) is 27.4. The molecule has 4 aromatic heterocycles. The number of rotatable bonds is 12. The Bertz CT molecular complexity index is 3700. The van der Waals surface area contributed by atoms with E-state index < -0.39 is 76.4 Å². The summed E-state index contributed by atoms with van der Waals surface area (Å²) in [7, 11) is 0.